The summed E-state index contributed by atoms with van der Waals surface area (Å²) in [5.41, 5.74) is -0.484. The van der Waals surface area contributed by atoms with Crippen molar-refractivity contribution in [1.29, 1.82) is 0 Å². The third kappa shape index (κ3) is 4.43. The van der Waals surface area contributed by atoms with Gasteiger partial charge in [-0.3, -0.25) is 0 Å². The molecule has 0 unspecified atom stereocenters. The van der Waals surface area contributed by atoms with E-state index >= 15 is 0 Å². The molecule has 3 rings (SSSR count). The second-order valence-corrected chi connectivity index (χ2v) is 7.69. The van der Waals surface area contributed by atoms with Crippen molar-refractivity contribution in [3.63, 3.8) is 0 Å². The van der Waals surface area contributed by atoms with Gasteiger partial charge in [-0.1, -0.05) is 6.92 Å². The number of benzene rings is 1. The molecule has 1 aliphatic carbocycles. The molecule has 0 bridgehead atoms. The molecule has 0 amide bonds. The van der Waals surface area contributed by atoms with E-state index in [9.17, 15) is 22.0 Å². The summed E-state index contributed by atoms with van der Waals surface area (Å²) >= 11 is 0. The minimum Gasteiger partial charge on any atom is -0.432 e. The van der Waals surface area contributed by atoms with E-state index in [1.54, 1.807) is 0 Å². The highest BCUT2D eigenvalue weighted by atomic mass is 19.3. The highest BCUT2D eigenvalue weighted by Gasteiger charge is 2.46. The van der Waals surface area contributed by atoms with E-state index < -0.39 is 40.8 Å². The second kappa shape index (κ2) is 8.53. The zero-order valence-corrected chi connectivity index (χ0v) is 16.0. The Morgan fingerprint density at radius 3 is 2.21 bits per heavy atom. The first kappa shape index (κ1) is 21.3. The summed E-state index contributed by atoms with van der Waals surface area (Å²) in [6.07, 6.45) is -1.72. The molecule has 0 atom stereocenters. The molecule has 0 spiro atoms. The molecular weight excluding hydrogens is 383 g/mol. The van der Waals surface area contributed by atoms with Gasteiger partial charge >= 0.3 is 6.11 Å². The van der Waals surface area contributed by atoms with Crippen LogP contribution in [0.5, 0.6) is 5.75 Å². The fourth-order valence-corrected chi connectivity index (χ4v) is 3.79. The van der Waals surface area contributed by atoms with E-state index in [0.29, 0.717) is 38.0 Å². The lowest BCUT2D eigenvalue weighted by Gasteiger charge is -2.38. The fraction of sp³-hybridized carbons (Fsp3) is 0.700. The molecule has 1 aromatic carbocycles. The first-order valence-electron chi connectivity index (χ1n) is 9.67. The summed E-state index contributed by atoms with van der Waals surface area (Å²) in [5.74, 6) is -6.18. The van der Waals surface area contributed by atoms with Gasteiger partial charge in [0.1, 0.15) is 5.75 Å². The third-order valence-corrected chi connectivity index (χ3v) is 5.81. The minimum atomic E-state index is -3.62. The summed E-state index contributed by atoms with van der Waals surface area (Å²) in [6.45, 7) is 4.36. The van der Waals surface area contributed by atoms with Gasteiger partial charge in [-0.05, 0) is 39.0 Å². The Labute approximate surface area is 161 Å². The molecule has 28 heavy (non-hydrogen) atoms. The maximum Gasteiger partial charge on any atom is 0.400 e. The summed E-state index contributed by atoms with van der Waals surface area (Å²) in [7, 11) is 0. The molecular formula is C20H25F5O3. The van der Waals surface area contributed by atoms with Crippen molar-refractivity contribution in [3.05, 3.63) is 29.1 Å². The molecule has 2 fully saturated rings. The van der Waals surface area contributed by atoms with Gasteiger partial charge in [0.25, 0.3) is 0 Å². The van der Waals surface area contributed by atoms with Gasteiger partial charge in [0.05, 0.1) is 19.1 Å². The molecule has 1 saturated heterocycles. The SMILES string of the molecule is CCC1COC(C2CCC(C(F)(F)Oc3cc(F)c(F)c(F)c3C)CC2)OC1. The molecule has 0 aromatic heterocycles. The van der Waals surface area contributed by atoms with Crippen LogP contribution in [0.15, 0.2) is 6.07 Å². The van der Waals surface area contributed by atoms with Crippen LogP contribution in [-0.4, -0.2) is 25.6 Å². The van der Waals surface area contributed by atoms with E-state index in [2.05, 4.69) is 11.7 Å². The molecule has 1 aromatic rings. The largest absolute Gasteiger partial charge is 0.432 e. The van der Waals surface area contributed by atoms with Crippen molar-refractivity contribution in [2.45, 2.75) is 58.4 Å². The van der Waals surface area contributed by atoms with Crippen LogP contribution >= 0.6 is 0 Å². The van der Waals surface area contributed by atoms with Crippen molar-refractivity contribution in [2.24, 2.45) is 17.8 Å². The second-order valence-electron chi connectivity index (χ2n) is 7.69. The van der Waals surface area contributed by atoms with Crippen LogP contribution in [-0.2, 0) is 9.47 Å². The molecule has 0 N–H and O–H groups in total. The number of hydrogen-bond donors (Lipinski definition) is 0. The van der Waals surface area contributed by atoms with Crippen molar-refractivity contribution in [1.82, 2.24) is 0 Å². The Morgan fingerprint density at radius 2 is 1.64 bits per heavy atom. The smallest absolute Gasteiger partial charge is 0.400 e. The lowest BCUT2D eigenvalue weighted by molar-refractivity contribution is -0.247. The lowest BCUT2D eigenvalue weighted by Crippen LogP contribution is -2.42. The van der Waals surface area contributed by atoms with E-state index in [-0.39, 0.29) is 25.0 Å². The molecule has 3 nitrogen and oxygen atoms in total. The van der Waals surface area contributed by atoms with E-state index in [1.165, 1.54) is 0 Å². The number of halogens is 5. The molecule has 1 saturated carbocycles. The quantitative estimate of drug-likeness (QED) is 0.470. The Kier molecular flexibility index (Phi) is 6.49. The van der Waals surface area contributed by atoms with Crippen LogP contribution in [0.25, 0.3) is 0 Å². The highest BCUT2D eigenvalue weighted by Crippen LogP contribution is 2.42. The Balaban J connectivity index is 1.59. The maximum atomic E-state index is 14.6. The average Bonchev–Trinajstić information content (AvgIpc) is 2.70. The lowest BCUT2D eigenvalue weighted by atomic mass is 9.80. The number of alkyl halides is 2. The Morgan fingerprint density at radius 1 is 1.04 bits per heavy atom. The predicted molar refractivity (Wildman–Crippen MR) is 91.5 cm³/mol. The zero-order valence-electron chi connectivity index (χ0n) is 16.0. The Bertz CT molecular complexity index is 681. The molecule has 158 valence electrons. The van der Waals surface area contributed by atoms with E-state index in [0.717, 1.165) is 13.3 Å². The molecule has 2 aliphatic rings. The first-order valence-corrected chi connectivity index (χ1v) is 9.67. The van der Waals surface area contributed by atoms with Crippen molar-refractivity contribution in [2.75, 3.05) is 13.2 Å². The summed E-state index contributed by atoms with van der Waals surface area (Å²) < 4.78 is 85.5. The van der Waals surface area contributed by atoms with Gasteiger partial charge in [0, 0.05) is 23.5 Å². The van der Waals surface area contributed by atoms with Crippen LogP contribution < -0.4 is 4.74 Å². The van der Waals surface area contributed by atoms with Crippen molar-refractivity contribution >= 4 is 0 Å². The molecule has 1 heterocycles. The van der Waals surface area contributed by atoms with Crippen LogP contribution in [0.2, 0.25) is 0 Å². The van der Waals surface area contributed by atoms with Crippen molar-refractivity contribution in [3.8, 4) is 5.75 Å². The van der Waals surface area contributed by atoms with E-state index in [1.807, 2.05) is 0 Å². The maximum absolute atomic E-state index is 14.6. The topological polar surface area (TPSA) is 27.7 Å². The highest BCUT2D eigenvalue weighted by molar-refractivity contribution is 5.35. The molecule has 1 aliphatic heterocycles. The number of rotatable bonds is 5. The van der Waals surface area contributed by atoms with Gasteiger partial charge in [-0.2, -0.15) is 8.78 Å². The van der Waals surface area contributed by atoms with Gasteiger partial charge < -0.3 is 14.2 Å². The number of ether oxygens (including phenoxy) is 3. The third-order valence-electron chi connectivity index (χ3n) is 5.81. The van der Waals surface area contributed by atoms with Crippen LogP contribution in [0.4, 0.5) is 22.0 Å². The normalized spacial score (nSPS) is 29.0. The average molecular weight is 408 g/mol. The van der Waals surface area contributed by atoms with Gasteiger partial charge in [-0.25, -0.2) is 13.2 Å². The summed E-state index contributed by atoms with van der Waals surface area (Å²) in [4.78, 5) is 0. The van der Waals surface area contributed by atoms with Crippen LogP contribution in [0, 0.1) is 42.1 Å². The molecule has 8 heteroatoms. The summed E-state index contributed by atoms with van der Waals surface area (Å²) in [6, 6.07) is 0.459. The van der Waals surface area contributed by atoms with Crippen molar-refractivity contribution < 1.29 is 36.2 Å². The predicted octanol–water partition coefficient (Wildman–Crippen LogP) is 5.59. The number of hydrogen-bond acceptors (Lipinski definition) is 3. The van der Waals surface area contributed by atoms with Crippen LogP contribution in [0.1, 0.15) is 44.6 Å². The van der Waals surface area contributed by atoms with Gasteiger partial charge in [-0.15, -0.1) is 0 Å². The monoisotopic (exact) mass is 408 g/mol. The zero-order chi connectivity index (χ0) is 20.5. The fourth-order valence-electron chi connectivity index (χ4n) is 3.79. The standard InChI is InChI=1S/C20H25F5O3/c1-3-12-9-26-19(27-10-12)13-4-6-14(7-5-13)20(24,25)28-16-8-15(21)18(23)17(22)11(16)2/h8,12-14,19H,3-7,9-10H2,1-2H3. The summed E-state index contributed by atoms with van der Waals surface area (Å²) in [5, 5.41) is 0. The van der Waals surface area contributed by atoms with E-state index in [4.69, 9.17) is 9.47 Å². The minimum absolute atomic E-state index is 0.0345. The van der Waals surface area contributed by atoms with Gasteiger partial charge in [0.2, 0.25) is 0 Å². The van der Waals surface area contributed by atoms with Gasteiger partial charge in [0.15, 0.2) is 23.7 Å². The first-order chi connectivity index (χ1) is 13.2. The van der Waals surface area contributed by atoms with Crippen LogP contribution in [0.3, 0.4) is 0 Å². The Hall–Kier alpha value is -1.41. The molecule has 0 radical (unpaired) electrons.